The molecule has 6 aromatic heterocycles. The minimum atomic E-state index is -0.116. The number of likely N-dealkylation sites (tertiary alicyclic amines) is 4. The first-order valence-corrected chi connectivity index (χ1v) is 43.6. The lowest BCUT2D eigenvalue weighted by Crippen LogP contribution is -2.23. The normalized spacial score (nSPS) is 18.2. The topological polar surface area (TPSA) is 222 Å². The number of hydrogen-bond acceptors (Lipinski definition) is 20. The Kier molecular flexibility index (Phi) is 26.5. The monoisotopic (exact) mass is 1660 g/mol. The number of carbonyl (C=O) groups excluding carboxylic acids is 2. The SMILES string of the molecule is Cc1cc(-c2ccc(CN3CCC[C@@H]3c3ccc4c(c3)OCCO4)cn2)ccn1.Cc1cc(-c2ccc(CN3CCC[C@H]3c3ccc4c(c3)OCCO4)cn2)ccn1.Cc1cc(C(=O)Nc2ccc(CN3CCC[C@@H]3c3ccc4c(c3)OCCO4)cc2)cc(C)n1.Cc1cc(C(=O)Nc2ccc(CN3CCC[C@H]3c3ccc4c(c3)OCCO4)cc2)cc(C)n1. The predicted octanol–water partition coefficient (Wildman–Crippen LogP) is 19.2. The van der Waals surface area contributed by atoms with Gasteiger partial charge in [-0.1, -0.05) is 60.7 Å². The van der Waals surface area contributed by atoms with E-state index in [9.17, 15) is 9.59 Å². The van der Waals surface area contributed by atoms with E-state index in [1.54, 1.807) is 0 Å². The molecule has 0 saturated carbocycles. The number of benzene rings is 6. The minimum absolute atomic E-state index is 0.116. The highest BCUT2D eigenvalue weighted by Gasteiger charge is 2.33. The number of anilines is 2. The van der Waals surface area contributed by atoms with Crippen molar-refractivity contribution in [2.75, 3.05) is 89.7 Å². The van der Waals surface area contributed by atoms with Gasteiger partial charge in [0, 0.05) is 143 Å². The van der Waals surface area contributed by atoms with Crippen LogP contribution in [0.2, 0.25) is 0 Å². The molecule has 636 valence electrons. The van der Waals surface area contributed by atoms with Gasteiger partial charge >= 0.3 is 0 Å². The summed E-state index contributed by atoms with van der Waals surface area (Å²) in [5.41, 5.74) is 22.5. The number of nitrogens with zero attached hydrogens (tertiary/aromatic N) is 10. The van der Waals surface area contributed by atoms with Crippen LogP contribution in [-0.2, 0) is 26.2 Å². The molecule has 4 fully saturated rings. The molecule has 4 atom stereocenters. The standard InChI is InChI=1S/2C27H29N3O3.2C24H25N3O2/c2*1-18-14-22(15-19(2)28-18)27(31)29-23-8-5-20(6-9-23)17-30-11-3-4-24(30)21-7-10-25-26(16-21)33-13-12-32-25;2*1-17-13-19(8-9-25-17)21-6-4-18(15-26-21)16-27-10-2-3-22(27)20-5-7-23-24(14-20)29-12-11-28-23/h2*5-10,14-16,24H,3-4,11-13,17H2,1-2H3,(H,29,31);2*4-9,13-15,22H,2-3,10-12,16H2,1H3/t2*24-;2*22-/m1010/s1. The highest BCUT2D eigenvalue weighted by molar-refractivity contribution is 6.05. The van der Waals surface area contributed by atoms with E-state index in [1.807, 2.05) is 151 Å². The smallest absolute Gasteiger partial charge is 0.255 e. The Balaban J connectivity index is 0.000000117. The molecule has 20 rings (SSSR count). The van der Waals surface area contributed by atoms with E-state index < -0.39 is 0 Å². The third-order valence-corrected chi connectivity index (χ3v) is 23.9. The summed E-state index contributed by atoms with van der Waals surface area (Å²) in [7, 11) is 0. The molecular weight excluding hydrogens is 1550 g/mol. The molecule has 8 aliphatic heterocycles. The van der Waals surface area contributed by atoms with E-state index in [-0.39, 0.29) is 11.8 Å². The Hall–Kier alpha value is -12.6. The van der Waals surface area contributed by atoms with Crippen LogP contribution in [-0.4, -0.2) is 140 Å². The number of hydrogen-bond donors (Lipinski definition) is 2. The van der Waals surface area contributed by atoms with Crippen LogP contribution < -0.4 is 48.5 Å². The largest absolute Gasteiger partial charge is 0.486 e. The summed E-state index contributed by atoms with van der Waals surface area (Å²) >= 11 is 0. The third kappa shape index (κ3) is 21.0. The molecule has 22 nitrogen and oxygen atoms in total. The van der Waals surface area contributed by atoms with Crippen molar-refractivity contribution < 1.29 is 47.5 Å². The highest BCUT2D eigenvalue weighted by Crippen LogP contribution is 2.44. The van der Waals surface area contributed by atoms with E-state index in [4.69, 9.17) is 47.9 Å². The summed E-state index contributed by atoms with van der Waals surface area (Å²) in [5, 5.41) is 5.98. The second-order valence-corrected chi connectivity index (χ2v) is 33.2. The molecule has 124 heavy (non-hydrogen) atoms. The van der Waals surface area contributed by atoms with Gasteiger partial charge in [-0.15, -0.1) is 0 Å². The summed E-state index contributed by atoms with van der Waals surface area (Å²) in [6.45, 7) is 24.4. The number of aryl methyl sites for hydroxylation is 6. The Labute approximate surface area is 726 Å². The molecule has 2 amide bonds. The molecule has 2 N–H and O–H groups in total. The average Bonchev–Trinajstić information content (AvgIpc) is 1.67. The van der Waals surface area contributed by atoms with Crippen molar-refractivity contribution >= 4 is 23.2 Å². The van der Waals surface area contributed by atoms with Gasteiger partial charge in [0.15, 0.2) is 46.0 Å². The van der Waals surface area contributed by atoms with Crippen LogP contribution in [0.5, 0.6) is 46.0 Å². The predicted molar refractivity (Wildman–Crippen MR) is 480 cm³/mol. The summed E-state index contributed by atoms with van der Waals surface area (Å²) in [6.07, 6.45) is 17.1. The highest BCUT2D eigenvalue weighted by atomic mass is 16.6. The number of rotatable bonds is 18. The van der Waals surface area contributed by atoms with E-state index in [0.717, 1.165) is 179 Å². The quantitative estimate of drug-likeness (QED) is 0.0815. The second-order valence-electron chi connectivity index (χ2n) is 33.2. The van der Waals surface area contributed by atoms with Crippen LogP contribution in [0.3, 0.4) is 0 Å². The van der Waals surface area contributed by atoms with E-state index in [2.05, 4.69) is 159 Å². The second kappa shape index (κ2) is 39.3. The van der Waals surface area contributed by atoms with Gasteiger partial charge in [0.2, 0.25) is 0 Å². The maximum atomic E-state index is 12.6. The molecule has 8 aliphatic rings. The van der Waals surface area contributed by atoms with Gasteiger partial charge in [-0.25, -0.2) is 0 Å². The Bertz CT molecular complexity index is 5330. The van der Waals surface area contributed by atoms with Gasteiger partial charge in [0.25, 0.3) is 11.8 Å². The first kappa shape index (κ1) is 83.7. The van der Waals surface area contributed by atoms with Gasteiger partial charge < -0.3 is 48.5 Å². The number of ether oxygens (including phenoxy) is 8. The fourth-order valence-electron chi connectivity index (χ4n) is 18.1. The summed E-state index contributed by atoms with van der Waals surface area (Å²) in [4.78, 5) is 61.9. The Morgan fingerprint density at radius 1 is 0.306 bits per heavy atom. The number of nitrogens with one attached hydrogen (secondary N) is 2. The first-order valence-electron chi connectivity index (χ1n) is 43.6. The van der Waals surface area contributed by atoms with Crippen LogP contribution in [0, 0.1) is 41.5 Å². The molecule has 14 heterocycles. The molecular formula is C102H108N12O10. The first-order chi connectivity index (χ1) is 60.6. The lowest BCUT2D eigenvalue weighted by molar-refractivity contribution is 0.101. The lowest BCUT2D eigenvalue weighted by atomic mass is 10.0. The van der Waals surface area contributed by atoms with Crippen LogP contribution in [0.25, 0.3) is 22.5 Å². The van der Waals surface area contributed by atoms with Crippen LogP contribution in [0.1, 0.15) is 175 Å². The van der Waals surface area contributed by atoms with Gasteiger partial charge in [0.05, 0.1) is 11.4 Å². The van der Waals surface area contributed by atoms with Gasteiger partial charge in [0.1, 0.15) is 52.9 Å². The number of carbonyl (C=O) groups is 2. The van der Waals surface area contributed by atoms with Crippen LogP contribution >= 0.6 is 0 Å². The Morgan fingerprint density at radius 3 is 0.871 bits per heavy atom. The molecule has 6 aromatic carbocycles. The number of pyridine rings is 6. The van der Waals surface area contributed by atoms with Gasteiger partial charge in [-0.3, -0.25) is 59.1 Å². The molecule has 22 heteroatoms. The number of aromatic nitrogens is 6. The fraction of sp³-hybridized carbons (Fsp3) is 0.333. The zero-order valence-corrected chi connectivity index (χ0v) is 71.6. The number of fused-ring (bicyclic) bond motifs is 4. The molecule has 0 radical (unpaired) electrons. The summed E-state index contributed by atoms with van der Waals surface area (Å²) in [6, 6.07) is 67.3. The molecule has 0 unspecified atom stereocenters. The zero-order valence-electron chi connectivity index (χ0n) is 71.6. The molecule has 0 aliphatic carbocycles. The van der Waals surface area contributed by atoms with E-state index in [1.165, 1.54) is 83.0 Å². The molecule has 4 saturated heterocycles. The minimum Gasteiger partial charge on any atom is -0.486 e. The molecule has 0 bridgehead atoms. The van der Waals surface area contributed by atoms with E-state index >= 15 is 0 Å². The molecule has 12 aromatic rings. The Morgan fingerprint density at radius 2 is 0.589 bits per heavy atom. The van der Waals surface area contributed by atoms with Crippen LogP contribution in [0.15, 0.2) is 219 Å². The summed E-state index contributed by atoms with van der Waals surface area (Å²) in [5.74, 6) is 6.61. The fourth-order valence-corrected chi connectivity index (χ4v) is 18.1. The third-order valence-electron chi connectivity index (χ3n) is 23.9. The zero-order chi connectivity index (χ0) is 84.8. The maximum absolute atomic E-state index is 12.6. The van der Waals surface area contributed by atoms with Crippen molar-refractivity contribution in [1.82, 2.24) is 49.5 Å². The average molecular weight is 1660 g/mol. The van der Waals surface area contributed by atoms with Crippen LogP contribution in [0.4, 0.5) is 11.4 Å². The van der Waals surface area contributed by atoms with Crippen molar-refractivity contribution in [1.29, 1.82) is 0 Å². The maximum Gasteiger partial charge on any atom is 0.255 e. The van der Waals surface area contributed by atoms with Crippen molar-refractivity contribution in [3.05, 3.63) is 309 Å². The van der Waals surface area contributed by atoms with Crippen molar-refractivity contribution in [3.8, 4) is 68.5 Å². The van der Waals surface area contributed by atoms with Gasteiger partial charge in [-0.2, -0.15) is 0 Å². The lowest BCUT2D eigenvalue weighted by Gasteiger charge is -2.26. The van der Waals surface area contributed by atoms with Crippen molar-refractivity contribution in [2.45, 2.75) is 143 Å². The van der Waals surface area contributed by atoms with Crippen molar-refractivity contribution in [2.24, 2.45) is 0 Å². The molecule has 0 spiro atoms. The van der Waals surface area contributed by atoms with Gasteiger partial charge in [-0.05, 0) is 297 Å². The van der Waals surface area contributed by atoms with Crippen molar-refractivity contribution in [3.63, 3.8) is 0 Å². The van der Waals surface area contributed by atoms with E-state index in [0.29, 0.717) is 88.1 Å². The number of amides is 2. The summed E-state index contributed by atoms with van der Waals surface area (Å²) < 4.78 is 45.8.